The zero-order chi connectivity index (χ0) is 20.9. The second-order valence-electron chi connectivity index (χ2n) is 6.01. The minimum Gasteiger partial charge on any atom is -0.350 e. The van der Waals surface area contributed by atoms with Crippen LogP contribution in [0.25, 0.3) is 10.6 Å². The van der Waals surface area contributed by atoms with Crippen LogP contribution in [0.3, 0.4) is 0 Å². The second kappa shape index (κ2) is 9.21. The first-order valence-corrected chi connectivity index (χ1v) is 10.9. The molecule has 0 spiro atoms. The van der Waals surface area contributed by atoms with Crippen molar-refractivity contribution in [1.29, 1.82) is 0 Å². The highest BCUT2D eigenvalue weighted by Crippen LogP contribution is 2.23. The standard InChI is InChI=1S/C19H17F2N3O3S2/c20-16-7-6-15(10-17(16)21)29(26,27)23-9-8-18(25)22-11-14-12-28-19(24-14)13-4-2-1-3-5-13/h1-7,10,12,23H,8-9,11H2,(H,22,25). The minimum atomic E-state index is -4.04. The normalized spacial score (nSPS) is 11.4. The van der Waals surface area contributed by atoms with E-state index in [0.717, 1.165) is 22.7 Å². The van der Waals surface area contributed by atoms with Gasteiger partial charge in [-0.25, -0.2) is 26.9 Å². The van der Waals surface area contributed by atoms with Gasteiger partial charge in [0.15, 0.2) is 11.6 Å². The molecule has 29 heavy (non-hydrogen) atoms. The van der Waals surface area contributed by atoms with Crippen LogP contribution in [0, 0.1) is 11.6 Å². The van der Waals surface area contributed by atoms with E-state index in [1.165, 1.54) is 11.3 Å². The fourth-order valence-electron chi connectivity index (χ4n) is 2.41. The van der Waals surface area contributed by atoms with E-state index in [1.54, 1.807) is 0 Å². The summed E-state index contributed by atoms with van der Waals surface area (Å²) in [7, 11) is -4.04. The van der Waals surface area contributed by atoms with E-state index in [0.29, 0.717) is 11.8 Å². The first-order chi connectivity index (χ1) is 13.8. The van der Waals surface area contributed by atoms with Crippen molar-refractivity contribution in [2.45, 2.75) is 17.9 Å². The van der Waals surface area contributed by atoms with E-state index in [4.69, 9.17) is 0 Å². The summed E-state index contributed by atoms with van der Waals surface area (Å²) < 4.78 is 52.4. The van der Waals surface area contributed by atoms with E-state index in [-0.39, 0.29) is 25.4 Å². The van der Waals surface area contributed by atoms with E-state index >= 15 is 0 Å². The van der Waals surface area contributed by atoms with Crippen molar-refractivity contribution in [2.75, 3.05) is 6.54 Å². The van der Waals surface area contributed by atoms with Crippen LogP contribution in [0.2, 0.25) is 0 Å². The van der Waals surface area contributed by atoms with Crippen LogP contribution < -0.4 is 10.0 Å². The average molecular weight is 437 g/mol. The number of halogens is 2. The number of benzene rings is 2. The van der Waals surface area contributed by atoms with Gasteiger partial charge in [-0.15, -0.1) is 11.3 Å². The number of hydrogen-bond acceptors (Lipinski definition) is 5. The third kappa shape index (κ3) is 5.66. The highest BCUT2D eigenvalue weighted by molar-refractivity contribution is 7.89. The van der Waals surface area contributed by atoms with Gasteiger partial charge in [-0.1, -0.05) is 30.3 Å². The van der Waals surface area contributed by atoms with Gasteiger partial charge in [0.2, 0.25) is 15.9 Å². The van der Waals surface area contributed by atoms with Crippen LogP contribution >= 0.6 is 11.3 Å². The van der Waals surface area contributed by atoms with Crippen LogP contribution in [0.15, 0.2) is 58.8 Å². The predicted molar refractivity (Wildman–Crippen MR) is 106 cm³/mol. The van der Waals surface area contributed by atoms with Crippen molar-refractivity contribution in [3.05, 3.63) is 71.2 Å². The van der Waals surface area contributed by atoms with Crippen molar-refractivity contribution < 1.29 is 22.0 Å². The zero-order valence-electron chi connectivity index (χ0n) is 15.1. The smallest absolute Gasteiger partial charge is 0.240 e. The third-order valence-corrected chi connectivity index (χ3v) is 6.28. The maximum absolute atomic E-state index is 13.2. The summed E-state index contributed by atoms with van der Waals surface area (Å²) in [5.41, 5.74) is 1.69. The lowest BCUT2D eigenvalue weighted by molar-refractivity contribution is -0.121. The number of rotatable bonds is 8. The molecule has 0 radical (unpaired) electrons. The molecule has 2 aromatic carbocycles. The molecule has 1 amide bonds. The number of carbonyl (C=O) groups excluding carboxylic acids is 1. The largest absolute Gasteiger partial charge is 0.350 e. The van der Waals surface area contributed by atoms with Gasteiger partial charge >= 0.3 is 0 Å². The lowest BCUT2D eigenvalue weighted by Gasteiger charge is -2.07. The molecule has 152 valence electrons. The lowest BCUT2D eigenvalue weighted by Crippen LogP contribution is -2.30. The van der Waals surface area contributed by atoms with Gasteiger partial charge in [0.25, 0.3) is 0 Å². The molecule has 0 atom stereocenters. The van der Waals surface area contributed by atoms with Crippen LogP contribution in [0.4, 0.5) is 8.78 Å². The maximum atomic E-state index is 13.2. The van der Waals surface area contributed by atoms with Crippen molar-refractivity contribution in [3.8, 4) is 10.6 Å². The maximum Gasteiger partial charge on any atom is 0.240 e. The van der Waals surface area contributed by atoms with Gasteiger partial charge in [0.05, 0.1) is 17.1 Å². The Morgan fingerprint density at radius 3 is 2.55 bits per heavy atom. The Morgan fingerprint density at radius 2 is 1.83 bits per heavy atom. The van der Waals surface area contributed by atoms with Crippen molar-refractivity contribution in [3.63, 3.8) is 0 Å². The van der Waals surface area contributed by atoms with Gasteiger partial charge in [-0.05, 0) is 18.2 Å². The Bertz CT molecular complexity index is 1100. The number of nitrogens with zero attached hydrogens (tertiary/aromatic N) is 1. The first-order valence-electron chi connectivity index (χ1n) is 8.56. The van der Waals surface area contributed by atoms with Crippen molar-refractivity contribution in [2.24, 2.45) is 0 Å². The summed E-state index contributed by atoms with van der Waals surface area (Å²) in [5.74, 6) is -2.77. The number of sulfonamides is 1. The fourth-order valence-corrected chi connectivity index (χ4v) is 4.27. The molecular weight excluding hydrogens is 420 g/mol. The fraction of sp³-hybridized carbons (Fsp3) is 0.158. The molecule has 1 aromatic heterocycles. The summed E-state index contributed by atoms with van der Waals surface area (Å²) in [6.07, 6.45) is -0.113. The summed E-state index contributed by atoms with van der Waals surface area (Å²) in [6.45, 7) is 0.0393. The highest BCUT2D eigenvalue weighted by Gasteiger charge is 2.16. The van der Waals surface area contributed by atoms with E-state index in [2.05, 4.69) is 15.0 Å². The van der Waals surface area contributed by atoms with Crippen molar-refractivity contribution in [1.82, 2.24) is 15.0 Å². The molecule has 3 rings (SSSR count). The number of amides is 1. The lowest BCUT2D eigenvalue weighted by atomic mass is 10.2. The minimum absolute atomic E-state index is 0.113. The molecule has 0 aliphatic rings. The Morgan fingerprint density at radius 1 is 1.07 bits per heavy atom. The summed E-state index contributed by atoms with van der Waals surface area (Å²) in [4.78, 5) is 16.0. The Kier molecular flexibility index (Phi) is 6.68. The summed E-state index contributed by atoms with van der Waals surface area (Å²) in [6, 6.07) is 11.9. The summed E-state index contributed by atoms with van der Waals surface area (Å²) in [5, 5.41) is 5.35. The van der Waals surface area contributed by atoms with E-state index in [1.807, 2.05) is 35.7 Å². The van der Waals surface area contributed by atoms with Crippen molar-refractivity contribution >= 4 is 27.3 Å². The van der Waals surface area contributed by atoms with Gasteiger partial charge in [0, 0.05) is 23.9 Å². The monoisotopic (exact) mass is 437 g/mol. The molecule has 0 saturated carbocycles. The number of aromatic nitrogens is 1. The Labute approximate surface area is 170 Å². The van der Waals surface area contributed by atoms with Gasteiger partial charge in [-0.3, -0.25) is 4.79 Å². The van der Waals surface area contributed by atoms with Gasteiger partial charge in [0.1, 0.15) is 5.01 Å². The summed E-state index contributed by atoms with van der Waals surface area (Å²) >= 11 is 1.46. The molecular formula is C19H17F2N3O3S2. The van der Waals surface area contributed by atoms with Crippen LogP contribution in [0.1, 0.15) is 12.1 Å². The molecule has 10 heteroatoms. The Balaban J connectivity index is 1.47. The van der Waals surface area contributed by atoms with Crippen LogP contribution in [0.5, 0.6) is 0 Å². The Hall–Kier alpha value is -2.69. The van der Waals surface area contributed by atoms with Gasteiger partial charge < -0.3 is 5.32 Å². The molecule has 0 aliphatic carbocycles. The number of carbonyl (C=O) groups is 1. The molecule has 6 nitrogen and oxygen atoms in total. The number of hydrogen-bond donors (Lipinski definition) is 2. The molecule has 0 saturated heterocycles. The van der Waals surface area contributed by atoms with E-state index < -0.39 is 26.6 Å². The SMILES string of the molecule is O=C(CCNS(=O)(=O)c1ccc(F)c(F)c1)NCc1csc(-c2ccccc2)n1. The molecule has 0 fully saturated rings. The topological polar surface area (TPSA) is 88.2 Å². The molecule has 3 aromatic rings. The zero-order valence-corrected chi connectivity index (χ0v) is 16.7. The van der Waals surface area contributed by atoms with Crippen LogP contribution in [-0.2, 0) is 21.4 Å². The molecule has 1 heterocycles. The highest BCUT2D eigenvalue weighted by atomic mass is 32.2. The van der Waals surface area contributed by atoms with Gasteiger partial charge in [-0.2, -0.15) is 0 Å². The average Bonchev–Trinajstić information content (AvgIpc) is 3.18. The number of thiazole rings is 1. The molecule has 0 aliphatic heterocycles. The molecule has 0 unspecified atom stereocenters. The molecule has 0 bridgehead atoms. The predicted octanol–water partition coefficient (Wildman–Crippen LogP) is 3.07. The molecule has 2 N–H and O–H groups in total. The van der Waals surface area contributed by atoms with E-state index in [9.17, 15) is 22.0 Å². The third-order valence-electron chi connectivity index (χ3n) is 3.88. The first kappa shape index (κ1) is 21.0. The quantitative estimate of drug-likeness (QED) is 0.567. The second-order valence-corrected chi connectivity index (χ2v) is 8.64. The van der Waals surface area contributed by atoms with Crippen LogP contribution in [-0.4, -0.2) is 25.9 Å². The number of nitrogens with one attached hydrogen (secondary N) is 2.